The summed E-state index contributed by atoms with van der Waals surface area (Å²) in [6.45, 7) is 9.82. The highest BCUT2D eigenvalue weighted by Crippen LogP contribution is 2.19. The van der Waals surface area contributed by atoms with E-state index in [1.54, 1.807) is 0 Å². The number of carbonyl (C=O) groups is 1. The third kappa shape index (κ3) is 5.20. The molecule has 0 atom stereocenters. The maximum atomic E-state index is 12.2. The number of hydrogen-bond donors (Lipinski definition) is 1. The predicted molar refractivity (Wildman–Crippen MR) is 95.1 cm³/mol. The van der Waals surface area contributed by atoms with Crippen molar-refractivity contribution in [1.82, 2.24) is 10.2 Å². The van der Waals surface area contributed by atoms with Crippen molar-refractivity contribution < 1.29 is 9.72 Å². The summed E-state index contributed by atoms with van der Waals surface area (Å²) < 4.78 is 0.578. The number of rotatable bonds is 7. The molecule has 1 aromatic rings. The topological polar surface area (TPSA) is 75.5 Å². The third-order valence-electron chi connectivity index (χ3n) is 3.39. The van der Waals surface area contributed by atoms with Crippen LogP contribution in [-0.2, 0) is 0 Å². The number of nitro benzene ring substituents is 1. The Morgan fingerprint density at radius 2 is 1.91 bits per heavy atom. The van der Waals surface area contributed by atoms with Gasteiger partial charge in [0, 0.05) is 40.9 Å². The van der Waals surface area contributed by atoms with Crippen molar-refractivity contribution >= 4 is 34.2 Å². The van der Waals surface area contributed by atoms with Crippen LogP contribution in [0.15, 0.2) is 18.2 Å². The molecule has 0 fully saturated rings. The molecule has 0 aliphatic carbocycles. The molecule has 1 amide bonds. The third-order valence-corrected chi connectivity index (χ3v) is 4.28. The summed E-state index contributed by atoms with van der Waals surface area (Å²) in [5.74, 6) is -0.202. The highest BCUT2D eigenvalue weighted by Gasteiger charge is 2.16. The molecule has 1 aromatic carbocycles. The number of nitrogens with one attached hydrogen (secondary N) is 1. The molecule has 0 aliphatic rings. The first-order valence-electron chi connectivity index (χ1n) is 7.22. The van der Waals surface area contributed by atoms with E-state index >= 15 is 0 Å². The predicted octanol–water partition coefficient (Wildman–Crippen LogP) is 3.05. The van der Waals surface area contributed by atoms with E-state index in [2.05, 4.69) is 37.9 Å². The molecule has 6 nitrogen and oxygen atoms in total. The molecule has 0 heterocycles. The molecule has 1 rings (SSSR count). The lowest BCUT2D eigenvalue weighted by atomic mass is 10.2. The fourth-order valence-electron chi connectivity index (χ4n) is 2.31. The summed E-state index contributed by atoms with van der Waals surface area (Å²) in [4.78, 5) is 24.7. The van der Waals surface area contributed by atoms with Gasteiger partial charge in [0.15, 0.2) is 0 Å². The Morgan fingerprint density at radius 1 is 1.32 bits per heavy atom. The van der Waals surface area contributed by atoms with Crippen LogP contribution in [0.4, 0.5) is 5.69 Å². The van der Waals surface area contributed by atoms with E-state index in [-0.39, 0.29) is 11.6 Å². The molecule has 0 radical (unpaired) electrons. The Balaban J connectivity index is 2.64. The molecule has 0 unspecified atom stereocenters. The smallest absolute Gasteiger partial charge is 0.270 e. The number of non-ortho nitro benzene ring substituents is 1. The van der Waals surface area contributed by atoms with Gasteiger partial charge >= 0.3 is 0 Å². The molecule has 0 bridgehead atoms. The molecule has 0 spiro atoms. The molecule has 0 aromatic heterocycles. The van der Waals surface area contributed by atoms with E-state index in [9.17, 15) is 14.9 Å². The second-order valence-electron chi connectivity index (χ2n) is 5.60. The number of amides is 1. The van der Waals surface area contributed by atoms with Gasteiger partial charge in [0.2, 0.25) is 0 Å². The Morgan fingerprint density at radius 3 is 2.36 bits per heavy atom. The van der Waals surface area contributed by atoms with E-state index in [0.29, 0.717) is 27.8 Å². The van der Waals surface area contributed by atoms with E-state index < -0.39 is 4.92 Å². The van der Waals surface area contributed by atoms with Gasteiger partial charge in [-0.1, -0.05) is 0 Å². The molecule has 122 valence electrons. The van der Waals surface area contributed by atoms with Gasteiger partial charge in [-0.15, -0.1) is 0 Å². The molecule has 22 heavy (non-hydrogen) atoms. The Bertz CT molecular complexity index is 539. The van der Waals surface area contributed by atoms with Crippen LogP contribution in [-0.4, -0.2) is 40.9 Å². The summed E-state index contributed by atoms with van der Waals surface area (Å²) >= 11 is 1.95. The first-order valence-corrected chi connectivity index (χ1v) is 8.29. The first-order chi connectivity index (χ1) is 10.2. The zero-order valence-electron chi connectivity index (χ0n) is 13.3. The lowest BCUT2D eigenvalue weighted by Crippen LogP contribution is -2.42. The zero-order valence-corrected chi connectivity index (χ0v) is 15.5. The van der Waals surface area contributed by atoms with Crippen molar-refractivity contribution in [3.8, 4) is 0 Å². The molecule has 0 saturated carbocycles. The number of halogens is 1. The molecular formula is C15H22IN3O3. The average Bonchev–Trinajstić information content (AvgIpc) is 2.42. The normalized spacial score (nSPS) is 11.3. The van der Waals surface area contributed by atoms with Crippen LogP contribution in [0.1, 0.15) is 38.1 Å². The van der Waals surface area contributed by atoms with Gasteiger partial charge in [0.25, 0.3) is 11.6 Å². The van der Waals surface area contributed by atoms with Crippen LogP contribution >= 0.6 is 22.6 Å². The lowest BCUT2D eigenvalue weighted by Gasteiger charge is -2.30. The number of nitro groups is 1. The van der Waals surface area contributed by atoms with Gasteiger partial charge in [-0.05, 0) is 56.4 Å². The van der Waals surface area contributed by atoms with Crippen LogP contribution in [0.3, 0.4) is 0 Å². The summed E-state index contributed by atoms with van der Waals surface area (Å²) in [5.41, 5.74) is 0.457. The molecular weight excluding hydrogens is 397 g/mol. The van der Waals surface area contributed by atoms with Crippen LogP contribution < -0.4 is 5.32 Å². The van der Waals surface area contributed by atoms with Crippen molar-refractivity contribution in [3.05, 3.63) is 37.4 Å². The Hall–Kier alpha value is -1.22. The number of nitrogens with zero attached hydrogens (tertiary/aromatic N) is 2. The van der Waals surface area contributed by atoms with Crippen molar-refractivity contribution in [2.24, 2.45) is 0 Å². The second kappa shape index (κ2) is 8.42. The highest BCUT2D eigenvalue weighted by molar-refractivity contribution is 14.1. The average molecular weight is 419 g/mol. The summed E-state index contributed by atoms with van der Waals surface area (Å²) in [7, 11) is 0. The Kier molecular flexibility index (Phi) is 7.21. The molecule has 1 N–H and O–H groups in total. The van der Waals surface area contributed by atoms with E-state index in [0.717, 1.165) is 6.54 Å². The summed E-state index contributed by atoms with van der Waals surface area (Å²) in [5, 5.41) is 13.6. The lowest BCUT2D eigenvalue weighted by molar-refractivity contribution is -0.384. The maximum absolute atomic E-state index is 12.2. The van der Waals surface area contributed by atoms with Crippen LogP contribution in [0, 0.1) is 13.7 Å². The number of benzene rings is 1. The minimum atomic E-state index is -0.465. The van der Waals surface area contributed by atoms with E-state index in [1.165, 1.54) is 18.2 Å². The minimum absolute atomic E-state index is 0.00765. The number of carbonyl (C=O) groups excluding carboxylic acids is 1. The molecule has 0 saturated heterocycles. The first kappa shape index (κ1) is 18.8. The van der Waals surface area contributed by atoms with Gasteiger partial charge in [-0.25, -0.2) is 0 Å². The minimum Gasteiger partial charge on any atom is -0.351 e. The molecule has 0 aliphatic heterocycles. The second-order valence-corrected chi connectivity index (χ2v) is 6.76. The Labute approximate surface area is 144 Å². The van der Waals surface area contributed by atoms with Crippen LogP contribution in [0.25, 0.3) is 0 Å². The highest BCUT2D eigenvalue weighted by atomic mass is 127. The summed E-state index contributed by atoms with van der Waals surface area (Å²) in [6, 6.07) is 5.08. The van der Waals surface area contributed by atoms with Gasteiger partial charge in [-0.3, -0.25) is 19.8 Å². The van der Waals surface area contributed by atoms with Gasteiger partial charge in [0.05, 0.1) is 10.5 Å². The van der Waals surface area contributed by atoms with Crippen molar-refractivity contribution in [1.29, 1.82) is 0 Å². The maximum Gasteiger partial charge on any atom is 0.270 e. The van der Waals surface area contributed by atoms with Gasteiger partial charge in [-0.2, -0.15) is 0 Å². The van der Waals surface area contributed by atoms with Crippen LogP contribution in [0.5, 0.6) is 0 Å². The SMILES string of the molecule is CC(C)N(CCNC(=O)c1ccc([N+](=O)[O-])cc1I)C(C)C. The number of hydrogen-bond acceptors (Lipinski definition) is 4. The fraction of sp³-hybridized carbons (Fsp3) is 0.533. The standard InChI is InChI=1S/C15H22IN3O3/c1-10(2)18(11(3)4)8-7-17-15(20)13-6-5-12(19(21)22)9-14(13)16/h5-6,9-11H,7-8H2,1-4H3,(H,17,20). The monoisotopic (exact) mass is 419 g/mol. The molecule has 7 heteroatoms. The largest absolute Gasteiger partial charge is 0.351 e. The van der Waals surface area contributed by atoms with Gasteiger partial charge < -0.3 is 5.32 Å². The van der Waals surface area contributed by atoms with Crippen molar-refractivity contribution in [3.63, 3.8) is 0 Å². The van der Waals surface area contributed by atoms with Crippen molar-refractivity contribution in [2.45, 2.75) is 39.8 Å². The van der Waals surface area contributed by atoms with E-state index in [4.69, 9.17) is 0 Å². The van der Waals surface area contributed by atoms with E-state index in [1.807, 2.05) is 22.6 Å². The zero-order chi connectivity index (χ0) is 16.9. The summed E-state index contributed by atoms with van der Waals surface area (Å²) in [6.07, 6.45) is 0. The van der Waals surface area contributed by atoms with Crippen molar-refractivity contribution in [2.75, 3.05) is 13.1 Å². The van der Waals surface area contributed by atoms with Gasteiger partial charge in [0.1, 0.15) is 0 Å². The fourth-order valence-corrected chi connectivity index (χ4v) is 3.05. The van der Waals surface area contributed by atoms with Crippen LogP contribution in [0.2, 0.25) is 0 Å². The quantitative estimate of drug-likeness (QED) is 0.419.